The predicted octanol–water partition coefficient (Wildman–Crippen LogP) is 3.32. The number of carbonyl (C=O) groups excluding carboxylic acids is 2. The molecule has 0 radical (unpaired) electrons. The van der Waals surface area contributed by atoms with Crippen molar-refractivity contribution in [2.75, 3.05) is 26.2 Å². The van der Waals surface area contributed by atoms with Gasteiger partial charge >= 0.3 is 0 Å². The highest BCUT2D eigenvalue weighted by Crippen LogP contribution is 2.23. The van der Waals surface area contributed by atoms with Gasteiger partial charge in [0.25, 0.3) is 17.4 Å². The molecule has 10 heteroatoms. The second-order valence-corrected chi connectivity index (χ2v) is 10.4. The van der Waals surface area contributed by atoms with Crippen molar-refractivity contribution in [3.05, 3.63) is 42.9 Å². The van der Waals surface area contributed by atoms with E-state index >= 15 is 0 Å². The van der Waals surface area contributed by atoms with E-state index in [1.807, 2.05) is 13.8 Å². The molecule has 1 fully saturated rings. The second kappa shape index (κ2) is 10.1. The number of amides is 2. The highest BCUT2D eigenvalue weighted by atomic mass is 32.1. The van der Waals surface area contributed by atoms with E-state index in [4.69, 9.17) is 12.2 Å². The zero-order valence-electron chi connectivity index (χ0n) is 18.9. The Kier molecular flexibility index (Phi) is 7.26. The Labute approximate surface area is 201 Å². The number of benzene rings is 1. The Morgan fingerprint density at radius 1 is 1.18 bits per heavy atom. The highest BCUT2D eigenvalue weighted by Gasteiger charge is 2.19. The van der Waals surface area contributed by atoms with Gasteiger partial charge in [0.15, 0.2) is 3.95 Å². The van der Waals surface area contributed by atoms with E-state index in [-0.39, 0.29) is 23.4 Å². The maximum atomic E-state index is 12.8. The smallest absolute Gasteiger partial charge is 0.265 e. The Morgan fingerprint density at radius 2 is 1.94 bits per heavy atom. The number of nitrogens with zero attached hydrogens (tertiary/aromatic N) is 2. The summed E-state index contributed by atoms with van der Waals surface area (Å²) in [5.41, 5.74) is 0.984. The van der Waals surface area contributed by atoms with E-state index in [0.29, 0.717) is 37.5 Å². The first kappa shape index (κ1) is 23.6. The van der Waals surface area contributed by atoms with Crippen LogP contribution in [-0.2, 0) is 0 Å². The molecule has 1 saturated heterocycles. The van der Waals surface area contributed by atoms with E-state index in [0.717, 1.165) is 37.4 Å². The number of aromatic nitrogens is 2. The van der Waals surface area contributed by atoms with Crippen LogP contribution in [0.2, 0.25) is 0 Å². The van der Waals surface area contributed by atoms with Crippen molar-refractivity contribution in [1.29, 1.82) is 0 Å². The molecule has 3 N–H and O–H groups in total. The van der Waals surface area contributed by atoms with Gasteiger partial charge in [-0.1, -0.05) is 17.8 Å². The number of aromatic amines is 1. The van der Waals surface area contributed by atoms with Crippen LogP contribution in [0.5, 0.6) is 0 Å². The summed E-state index contributed by atoms with van der Waals surface area (Å²) in [6.45, 7) is 7.59. The molecule has 33 heavy (non-hydrogen) atoms. The second-order valence-electron chi connectivity index (χ2n) is 8.71. The lowest BCUT2D eigenvalue weighted by Gasteiger charge is -2.26. The number of hydrogen-bond donors (Lipinski definition) is 3. The monoisotopic (exact) mass is 487 g/mol. The lowest BCUT2D eigenvalue weighted by molar-refractivity contribution is 0.0941. The lowest BCUT2D eigenvalue weighted by Crippen LogP contribution is -2.33. The molecule has 3 heterocycles. The molecule has 0 aliphatic carbocycles. The molecule has 0 saturated carbocycles. The van der Waals surface area contributed by atoms with Gasteiger partial charge in [-0.3, -0.25) is 18.8 Å². The first-order valence-corrected chi connectivity index (χ1v) is 12.6. The van der Waals surface area contributed by atoms with Crippen molar-refractivity contribution in [1.82, 2.24) is 24.9 Å². The number of carbonyl (C=O) groups is 2. The molecule has 1 aliphatic rings. The fourth-order valence-electron chi connectivity index (χ4n) is 4.20. The minimum absolute atomic E-state index is 0.0504. The van der Waals surface area contributed by atoms with Crippen LogP contribution in [0.1, 0.15) is 59.6 Å². The molecule has 0 spiro atoms. The fourth-order valence-corrected chi connectivity index (χ4v) is 5.49. The predicted molar refractivity (Wildman–Crippen MR) is 134 cm³/mol. The van der Waals surface area contributed by atoms with Gasteiger partial charge < -0.3 is 20.5 Å². The van der Waals surface area contributed by atoms with Gasteiger partial charge in [-0.15, -0.1) is 0 Å². The summed E-state index contributed by atoms with van der Waals surface area (Å²) in [6, 6.07) is 4.89. The van der Waals surface area contributed by atoms with Gasteiger partial charge in [-0.2, -0.15) is 0 Å². The number of fused-ring (bicyclic) bond motifs is 3. The van der Waals surface area contributed by atoms with Crippen molar-refractivity contribution < 1.29 is 9.59 Å². The van der Waals surface area contributed by atoms with Crippen LogP contribution in [0.4, 0.5) is 0 Å². The van der Waals surface area contributed by atoms with Crippen LogP contribution in [0.15, 0.2) is 23.0 Å². The average Bonchev–Trinajstić information content (AvgIpc) is 3.13. The Balaban J connectivity index is 1.58. The molecule has 1 aliphatic heterocycles. The normalized spacial score (nSPS) is 14.8. The third-order valence-electron chi connectivity index (χ3n) is 5.80. The molecule has 8 nitrogen and oxygen atoms in total. The summed E-state index contributed by atoms with van der Waals surface area (Å²) >= 11 is 6.65. The van der Waals surface area contributed by atoms with Crippen LogP contribution in [0, 0.1) is 3.95 Å². The third-order valence-corrected chi connectivity index (χ3v) is 7.17. The SMILES string of the molecule is CC(C)NC(=O)c1sc(=S)n2c1[nH]c(=O)c1ccc(C(=O)NCCCN3CCCCC3)cc12. The number of H-pyrrole nitrogens is 1. The molecule has 0 unspecified atom stereocenters. The van der Waals surface area contributed by atoms with Crippen LogP contribution >= 0.6 is 23.6 Å². The van der Waals surface area contributed by atoms with Gasteiger partial charge in [-0.05, 0) is 83.2 Å². The quantitative estimate of drug-likeness (QED) is 0.351. The van der Waals surface area contributed by atoms with Gasteiger partial charge in [0.1, 0.15) is 10.5 Å². The number of hydrogen-bond acceptors (Lipinski definition) is 6. The van der Waals surface area contributed by atoms with Crippen LogP contribution in [-0.4, -0.2) is 58.3 Å². The summed E-state index contributed by atoms with van der Waals surface area (Å²) in [5.74, 6) is -0.482. The first-order chi connectivity index (χ1) is 15.8. The standard InChI is InChI=1S/C23H29N5O3S2/c1-14(2)25-22(31)18-19-26-21(30)16-8-7-15(13-17(16)28(19)23(32)33-18)20(29)24-9-6-12-27-10-4-3-5-11-27/h7-8,13-14H,3-6,9-12H2,1-2H3,(H,24,29)(H,25,31)(H,26,30). The number of rotatable bonds is 7. The van der Waals surface area contributed by atoms with Gasteiger partial charge in [0.05, 0.1) is 10.9 Å². The maximum absolute atomic E-state index is 12.8. The summed E-state index contributed by atoms with van der Waals surface area (Å²) < 4.78 is 2.10. The van der Waals surface area contributed by atoms with Gasteiger partial charge in [0, 0.05) is 18.2 Å². The van der Waals surface area contributed by atoms with Crippen molar-refractivity contribution in [2.24, 2.45) is 0 Å². The van der Waals surface area contributed by atoms with Crippen LogP contribution in [0.3, 0.4) is 0 Å². The molecular formula is C23H29N5O3S2. The van der Waals surface area contributed by atoms with Gasteiger partial charge in [-0.25, -0.2) is 0 Å². The van der Waals surface area contributed by atoms with Crippen molar-refractivity contribution in [3.8, 4) is 0 Å². The number of likely N-dealkylation sites (tertiary alicyclic amines) is 1. The summed E-state index contributed by atoms with van der Waals surface area (Å²) in [5, 5.41) is 6.22. The number of thiazole rings is 1. The molecule has 176 valence electrons. The number of piperidine rings is 1. The lowest BCUT2D eigenvalue weighted by atomic mass is 10.1. The van der Waals surface area contributed by atoms with Crippen molar-refractivity contribution in [2.45, 2.75) is 45.6 Å². The molecule has 0 atom stereocenters. The van der Waals surface area contributed by atoms with Crippen LogP contribution in [0.25, 0.3) is 16.6 Å². The van der Waals surface area contributed by atoms with E-state index in [1.54, 1.807) is 22.6 Å². The maximum Gasteiger partial charge on any atom is 0.265 e. The Morgan fingerprint density at radius 3 is 2.67 bits per heavy atom. The van der Waals surface area contributed by atoms with Crippen molar-refractivity contribution in [3.63, 3.8) is 0 Å². The Bertz CT molecular complexity index is 1300. The van der Waals surface area contributed by atoms with E-state index in [1.165, 1.54) is 19.3 Å². The molecular weight excluding hydrogens is 458 g/mol. The largest absolute Gasteiger partial charge is 0.352 e. The van der Waals surface area contributed by atoms with E-state index < -0.39 is 0 Å². The third kappa shape index (κ3) is 5.18. The Hall–Kier alpha value is -2.56. The van der Waals surface area contributed by atoms with Crippen LogP contribution < -0.4 is 16.2 Å². The topological polar surface area (TPSA) is 98.7 Å². The fraction of sp³-hybridized carbons (Fsp3) is 0.478. The van der Waals surface area contributed by atoms with Gasteiger partial charge in [0.2, 0.25) is 0 Å². The zero-order chi connectivity index (χ0) is 23.5. The molecule has 0 bridgehead atoms. The summed E-state index contributed by atoms with van der Waals surface area (Å²) in [4.78, 5) is 43.7. The van der Waals surface area contributed by atoms with E-state index in [9.17, 15) is 14.4 Å². The summed E-state index contributed by atoms with van der Waals surface area (Å²) in [6.07, 6.45) is 4.71. The minimum Gasteiger partial charge on any atom is -0.352 e. The summed E-state index contributed by atoms with van der Waals surface area (Å²) in [7, 11) is 0. The van der Waals surface area contributed by atoms with E-state index in [2.05, 4.69) is 20.5 Å². The first-order valence-electron chi connectivity index (χ1n) is 11.4. The minimum atomic E-state index is -0.329. The molecule has 2 amide bonds. The zero-order valence-corrected chi connectivity index (χ0v) is 20.5. The highest BCUT2D eigenvalue weighted by molar-refractivity contribution is 7.73. The average molecular weight is 488 g/mol. The molecule has 4 rings (SSSR count). The molecule has 3 aromatic rings. The van der Waals surface area contributed by atoms with Crippen molar-refractivity contribution >= 4 is 51.9 Å². The molecule has 1 aromatic carbocycles. The number of nitrogens with one attached hydrogen (secondary N) is 3. The molecule has 2 aromatic heterocycles.